The molecule has 4 aromatic carbocycles. The Labute approximate surface area is 263 Å². The summed E-state index contributed by atoms with van der Waals surface area (Å²) in [5, 5.41) is 5.56. The van der Waals surface area contributed by atoms with Crippen molar-refractivity contribution in [1.29, 1.82) is 0 Å². The van der Waals surface area contributed by atoms with Gasteiger partial charge in [-0.25, -0.2) is 4.98 Å². The van der Waals surface area contributed by atoms with Crippen LogP contribution in [0.2, 0.25) is 0 Å². The van der Waals surface area contributed by atoms with E-state index in [1.54, 1.807) is 0 Å². The van der Waals surface area contributed by atoms with E-state index >= 15 is 0 Å². The molecule has 0 fully saturated rings. The maximum Gasteiger partial charge on any atom is 2.00 e. The van der Waals surface area contributed by atoms with Crippen molar-refractivity contribution in [3.63, 3.8) is 0 Å². The fraction of sp³-hybridized carbons (Fsp3) is 0.135. The molecule has 0 saturated carbocycles. The van der Waals surface area contributed by atoms with Crippen molar-refractivity contribution in [3.05, 3.63) is 120 Å². The van der Waals surface area contributed by atoms with Gasteiger partial charge in [-0.2, -0.15) is 6.07 Å². The van der Waals surface area contributed by atoms with E-state index in [-0.39, 0.29) is 26.5 Å². The number of hydrogen-bond donors (Lipinski definition) is 0. The molecule has 9 rings (SSSR count). The summed E-state index contributed by atoms with van der Waals surface area (Å²) in [6, 6.07) is 34.7. The molecule has 5 nitrogen and oxygen atoms in total. The van der Waals surface area contributed by atoms with Gasteiger partial charge in [-0.15, -0.1) is 29.8 Å². The zero-order valence-electron chi connectivity index (χ0n) is 24.1. The Balaban J connectivity index is 0.00000278. The van der Waals surface area contributed by atoms with Crippen molar-refractivity contribution in [3.8, 4) is 17.2 Å². The molecule has 0 unspecified atom stereocenters. The van der Waals surface area contributed by atoms with E-state index in [1.807, 2.05) is 24.4 Å². The average Bonchev–Trinajstić information content (AvgIpc) is 3.50. The molecule has 0 atom stereocenters. The summed E-state index contributed by atoms with van der Waals surface area (Å²) >= 11 is 0. The van der Waals surface area contributed by atoms with Crippen molar-refractivity contribution < 1.29 is 25.8 Å². The van der Waals surface area contributed by atoms with Crippen LogP contribution in [0.5, 0.6) is 11.5 Å². The van der Waals surface area contributed by atoms with Crippen molar-refractivity contribution in [1.82, 2.24) is 18.9 Å². The summed E-state index contributed by atoms with van der Waals surface area (Å²) in [5.41, 5.74) is 9.55. The standard InChI is InChI=1S/C37H26N4O.Pt/c1-21-22(2)40-32-13-6-5-9-26(32)25-16-14-23(19-29(25)36(40)39-21)42-24-15-17-30-33(20-24)41-34-27(28-11-8-18-38-35(28)41)10-7-12-31(34)37(30,3)4;/h5-18H,1-4H3;/q-2;+2. The van der Waals surface area contributed by atoms with E-state index in [0.717, 1.165) is 50.0 Å². The first-order valence-corrected chi connectivity index (χ1v) is 14.3. The van der Waals surface area contributed by atoms with Crippen LogP contribution < -0.4 is 4.74 Å². The number of imidazole rings is 1. The van der Waals surface area contributed by atoms with Gasteiger partial charge in [0, 0.05) is 45.4 Å². The van der Waals surface area contributed by atoms with E-state index in [1.165, 1.54) is 27.4 Å². The van der Waals surface area contributed by atoms with Crippen molar-refractivity contribution in [2.24, 2.45) is 0 Å². The molecule has 43 heavy (non-hydrogen) atoms. The molecule has 0 spiro atoms. The van der Waals surface area contributed by atoms with Gasteiger partial charge in [0.25, 0.3) is 0 Å². The zero-order chi connectivity index (χ0) is 28.3. The Bertz CT molecular complexity index is 2450. The van der Waals surface area contributed by atoms with Crippen LogP contribution in [-0.2, 0) is 26.5 Å². The molecular formula is C37H26N4OPt. The molecule has 0 N–H and O–H groups in total. The van der Waals surface area contributed by atoms with Crippen LogP contribution in [0.3, 0.4) is 0 Å². The summed E-state index contributed by atoms with van der Waals surface area (Å²) in [6.07, 6.45) is 1.86. The first-order chi connectivity index (χ1) is 20.4. The van der Waals surface area contributed by atoms with Crippen LogP contribution in [0, 0.1) is 26.0 Å². The number of aromatic nitrogens is 4. The number of rotatable bonds is 2. The Morgan fingerprint density at radius 1 is 0.721 bits per heavy atom. The second-order valence-corrected chi connectivity index (χ2v) is 11.8. The van der Waals surface area contributed by atoms with Gasteiger partial charge < -0.3 is 13.7 Å². The van der Waals surface area contributed by atoms with Crippen LogP contribution in [-0.4, -0.2) is 18.9 Å². The normalized spacial score (nSPS) is 13.6. The fourth-order valence-electron chi connectivity index (χ4n) is 6.99. The van der Waals surface area contributed by atoms with Crippen LogP contribution in [0.25, 0.3) is 54.9 Å². The Morgan fingerprint density at radius 2 is 1.49 bits per heavy atom. The molecule has 0 aliphatic carbocycles. The maximum atomic E-state index is 6.51. The number of pyridine rings is 2. The maximum absolute atomic E-state index is 6.51. The molecule has 1 aliphatic heterocycles. The smallest absolute Gasteiger partial charge is 0.503 e. The Morgan fingerprint density at radius 3 is 2.37 bits per heavy atom. The molecule has 1 aliphatic rings. The summed E-state index contributed by atoms with van der Waals surface area (Å²) in [6.45, 7) is 8.74. The summed E-state index contributed by atoms with van der Waals surface area (Å²) in [4.78, 5) is 9.75. The minimum absolute atomic E-state index is 0. The van der Waals surface area contributed by atoms with E-state index in [0.29, 0.717) is 11.5 Å². The number of ether oxygens (including phenoxy) is 1. The molecule has 0 amide bonds. The second kappa shape index (κ2) is 9.02. The zero-order valence-corrected chi connectivity index (χ0v) is 26.4. The SMILES string of the molecule is Cc1nc2c3[c-]c(Oc4[c-]c5c(cc4)C(C)(C)c4cccc6c7cccnc7n-5c46)ccc3c3ccccc3n2c1C.[Pt+2]. The fourth-order valence-corrected chi connectivity index (χ4v) is 6.99. The predicted molar refractivity (Wildman–Crippen MR) is 168 cm³/mol. The van der Waals surface area contributed by atoms with Gasteiger partial charge in [-0.1, -0.05) is 72.8 Å². The van der Waals surface area contributed by atoms with Gasteiger partial charge in [-0.3, -0.25) is 4.98 Å². The van der Waals surface area contributed by atoms with Crippen LogP contribution in [0.4, 0.5) is 0 Å². The number of benzene rings is 4. The molecule has 5 heterocycles. The quantitative estimate of drug-likeness (QED) is 0.132. The molecule has 0 saturated heterocycles. The van der Waals surface area contributed by atoms with E-state index in [4.69, 9.17) is 14.7 Å². The van der Waals surface area contributed by atoms with E-state index in [2.05, 4.69) is 109 Å². The van der Waals surface area contributed by atoms with Gasteiger partial charge in [0.05, 0.1) is 11.2 Å². The van der Waals surface area contributed by atoms with Gasteiger partial charge in [0.1, 0.15) is 5.65 Å². The minimum atomic E-state index is -0.202. The first-order valence-electron chi connectivity index (χ1n) is 14.3. The molecule has 6 heteroatoms. The monoisotopic (exact) mass is 737 g/mol. The second-order valence-electron chi connectivity index (χ2n) is 11.8. The van der Waals surface area contributed by atoms with Crippen molar-refractivity contribution in [2.45, 2.75) is 33.1 Å². The third-order valence-electron chi connectivity index (χ3n) is 9.16. The number of hydrogen-bond acceptors (Lipinski definition) is 3. The number of aryl methyl sites for hydroxylation is 2. The number of nitrogens with zero attached hydrogens (tertiary/aromatic N) is 4. The molecule has 0 radical (unpaired) electrons. The average molecular weight is 738 g/mol. The molecular weight excluding hydrogens is 712 g/mol. The van der Waals surface area contributed by atoms with Crippen LogP contribution >= 0.6 is 0 Å². The van der Waals surface area contributed by atoms with Gasteiger partial charge in [-0.05, 0) is 48.4 Å². The van der Waals surface area contributed by atoms with Gasteiger partial charge in [0.2, 0.25) is 0 Å². The molecule has 0 bridgehead atoms. The first kappa shape index (κ1) is 26.2. The topological polar surface area (TPSA) is 44.4 Å². The summed E-state index contributed by atoms with van der Waals surface area (Å²) < 4.78 is 11.0. The number of fused-ring (bicyclic) bond motifs is 11. The Kier molecular flexibility index (Phi) is 5.49. The van der Waals surface area contributed by atoms with Crippen LogP contribution in [0.1, 0.15) is 36.4 Å². The van der Waals surface area contributed by atoms with Crippen molar-refractivity contribution in [2.75, 3.05) is 0 Å². The summed E-state index contributed by atoms with van der Waals surface area (Å²) in [7, 11) is 0. The van der Waals surface area contributed by atoms with Gasteiger partial charge >= 0.3 is 21.1 Å². The Hall–Kier alpha value is -4.47. The van der Waals surface area contributed by atoms with Gasteiger partial charge in [0.15, 0.2) is 0 Å². The number of para-hydroxylation sites is 2. The van der Waals surface area contributed by atoms with Crippen molar-refractivity contribution >= 4 is 49.3 Å². The largest absolute Gasteiger partial charge is 2.00 e. The minimum Gasteiger partial charge on any atom is -0.503 e. The van der Waals surface area contributed by atoms with E-state index < -0.39 is 0 Å². The molecule has 8 aromatic rings. The van der Waals surface area contributed by atoms with Crippen LogP contribution in [0.15, 0.2) is 85.1 Å². The molecule has 4 aromatic heterocycles. The molecule has 210 valence electrons. The third-order valence-corrected chi connectivity index (χ3v) is 9.16. The predicted octanol–water partition coefficient (Wildman–Crippen LogP) is 8.78. The third kappa shape index (κ3) is 3.43. The summed E-state index contributed by atoms with van der Waals surface area (Å²) in [5.74, 6) is 1.27. The van der Waals surface area contributed by atoms with E-state index in [9.17, 15) is 0 Å².